The van der Waals surface area contributed by atoms with Gasteiger partial charge in [-0.15, -0.1) is 0 Å². The molecule has 0 aromatic carbocycles. The average Bonchev–Trinajstić information content (AvgIpc) is 3.37. The second-order valence-corrected chi connectivity index (χ2v) is 10.4. The van der Waals surface area contributed by atoms with E-state index >= 15 is 4.39 Å². The third-order valence-electron chi connectivity index (χ3n) is 7.24. The monoisotopic (exact) mass is 429 g/mol. The van der Waals surface area contributed by atoms with Gasteiger partial charge >= 0.3 is 0 Å². The number of ether oxygens (including phenoxy) is 1. The van der Waals surface area contributed by atoms with Crippen LogP contribution in [0.15, 0.2) is 12.4 Å². The number of aromatic amines is 1. The van der Waals surface area contributed by atoms with E-state index in [1.807, 2.05) is 18.7 Å². The molecular weight excluding hydrogens is 397 g/mol. The van der Waals surface area contributed by atoms with Gasteiger partial charge in [0.1, 0.15) is 5.65 Å². The highest BCUT2D eigenvalue weighted by atomic mass is 19.1. The van der Waals surface area contributed by atoms with E-state index in [0.29, 0.717) is 36.2 Å². The number of pyridine rings is 1. The molecule has 1 amide bonds. The fraction of sp³-hybridized carbons (Fsp3) is 0.667. The minimum Gasteiger partial charge on any atom is -0.486 e. The maximum atomic E-state index is 15.2. The molecule has 7 heteroatoms. The zero-order valence-corrected chi connectivity index (χ0v) is 18.5. The summed E-state index contributed by atoms with van der Waals surface area (Å²) in [6, 6.07) is 0.161. The number of nitrogens with one attached hydrogen (secondary N) is 1. The lowest BCUT2D eigenvalue weighted by Gasteiger charge is -2.53. The van der Waals surface area contributed by atoms with Gasteiger partial charge in [0.15, 0.2) is 11.6 Å². The van der Waals surface area contributed by atoms with Gasteiger partial charge in [0, 0.05) is 24.7 Å². The lowest BCUT2D eigenvalue weighted by atomic mass is 9.73. The zero-order chi connectivity index (χ0) is 21.9. The number of rotatable bonds is 5. The summed E-state index contributed by atoms with van der Waals surface area (Å²) in [4.78, 5) is 22.8. The van der Waals surface area contributed by atoms with Gasteiger partial charge in [-0.05, 0) is 62.8 Å². The second kappa shape index (κ2) is 7.47. The molecule has 3 aliphatic rings. The highest BCUT2D eigenvalue weighted by molar-refractivity contribution is 5.84. The largest absolute Gasteiger partial charge is 0.486 e. The lowest BCUT2D eigenvalue weighted by molar-refractivity contribution is -0.152. The molecular formula is C24H32FN3O3. The summed E-state index contributed by atoms with van der Waals surface area (Å²) >= 11 is 0. The third kappa shape index (κ3) is 3.93. The van der Waals surface area contributed by atoms with Crippen LogP contribution >= 0.6 is 0 Å². The summed E-state index contributed by atoms with van der Waals surface area (Å²) in [7, 11) is 0. The number of piperidine rings is 2. The first kappa shape index (κ1) is 20.7. The van der Waals surface area contributed by atoms with Crippen molar-refractivity contribution in [1.29, 1.82) is 0 Å². The molecule has 2 N–H and O–H groups in total. The van der Waals surface area contributed by atoms with Crippen LogP contribution in [0.1, 0.15) is 77.2 Å². The molecule has 3 fully saturated rings. The second-order valence-electron chi connectivity index (χ2n) is 10.4. The Kier molecular flexibility index (Phi) is 5.00. The van der Waals surface area contributed by atoms with Crippen molar-refractivity contribution in [2.75, 3.05) is 0 Å². The van der Waals surface area contributed by atoms with Crippen LogP contribution in [-0.2, 0) is 4.79 Å². The highest BCUT2D eigenvalue weighted by Crippen LogP contribution is 2.42. The minimum atomic E-state index is -0.707. The molecule has 2 aromatic heterocycles. The van der Waals surface area contributed by atoms with Crippen LogP contribution < -0.4 is 4.74 Å². The normalized spacial score (nSPS) is 31.6. The number of hydrogen-bond acceptors (Lipinski definition) is 4. The van der Waals surface area contributed by atoms with Crippen LogP contribution in [0.3, 0.4) is 0 Å². The molecule has 4 heterocycles. The Morgan fingerprint density at radius 3 is 2.71 bits per heavy atom. The van der Waals surface area contributed by atoms with E-state index in [9.17, 15) is 9.90 Å². The molecule has 31 heavy (non-hydrogen) atoms. The highest BCUT2D eigenvalue weighted by Gasteiger charge is 2.46. The quantitative estimate of drug-likeness (QED) is 0.744. The predicted octanol–water partition coefficient (Wildman–Crippen LogP) is 4.28. The van der Waals surface area contributed by atoms with E-state index < -0.39 is 11.4 Å². The molecule has 3 atom stereocenters. The van der Waals surface area contributed by atoms with Crippen LogP contribution in [0.4, 0.5) is 4.39 Å². The van der Waals surface area contributed by atoms with Crippen LogP contribution in [0.2, 0.25) is 0 Å². The molecule has 168 valence electrons. The number of aromatic nitrogens is 2. The number of nitrogens with zero attached hydrogens (tertiary/aromatic N) is 2. The van der Waals surface area contributed by atoms with Gasteiger partial charge in [0.25, 0.3) is 0 Å². The Labute approximate surface area is 182 Å². The number of amides is 1. The number of carbonyl (C=O) groups is 1. The molecule has 0 radical (unpaired) electrons. The number of carbonyl (C=O) groups excluding carboxylic acids is 1. The van der Waals surface area contributed by atoms with Crippen LogP contribution in [0, 0.1) is 11.7 Å². The molecule has 1 saturated carbocycles. The molecule has 1 aliphatic carbocycles. The molecule has 2 aromatic rings. The third-order valence-corrected chi connectivity index (χ3v) is 7.24. The van der Waals surface area contributed by atoms with Crippen LogP contribution in [0.25, 0.3) is 11.0 Å². The molecule has 2 aliphatic heterocycles. The van der Waals surface area contributed by atoms with Crippen molar-refractivity contribution >= 4 is 16.9 Å². The van der Waals surface area contributed by atoms with E-state index in [1.165, 1.54) is 6.20 Å². The summed E-state index contributed by atoms with van der Waals surface area (Å²) in [5.41, 5.74) is 0.536. The van der Waals surface area contributed by atoms with Gasteiger partial charge in [0.05, 0.1) is 23.3 Å². The van der Waals surface area contributed by atoms with Crippen molar-refractivity contribution in [3.8, 4) is 5.75 Å². The number of fused-ring (bicyclic) bond motifs is 3. The van der Waals surface area contributed by atoms with Crippen LogP contribution in [-0.4, -0.2) is 49.7 Å². The molecule has 2 saturated heterocycles. The average molecular weight is 430 g/mol. The minimum absolute atomic E-state index is 0.0807. The zero-order valence-electron chi connectivity index (χ0n) is 18.5. The topological polar surface area (TPSA) is 78.5 Å². The summed E-state index contributed by atoms with van der Waals surface area (Å²) in [6.45, 7) is 6.08. The number of halogens is 1. The Morgan fingerprint density at radius 1 is 1.39 bits per heavy atom. The van der Waals surface area contributed by atoms with Crippen LogP contribution in [0.5, 0.6) is 5.75 Å². The summed E-state index contributed by atoms with van der Waals surface area (Å²) in [5, 5.41) is 11.1. The van der Waals surface area contributed by atoms with Gasteiger partial charge in [0.2, 0.25) is 5.91 Å². The van der Waals surface area contributed by atoms with Crippen molar-refractivity contribution < 1.29 is 19.0 Å². The maximum absolute atomic E-state index is 15.2. The summed E-state index contributed by atoms with van der Waals surface area (Å²) < 4.78 is 20.9. The van der Waals surface area contributed by atoms with Crippen molar-refractivity contribution in [3.63, 3.8) is 0 Å². The Balaban J connectivity index is 1.37. The summed E-state index contributed by atoms with van der Waals surface area (Å²) in [5.74, 6) is 0.293. The van der Waals surface area contributed by atoms with Gasteiger partial charge in [-0.1, -0.05) is 13.8 Å². The Morgan fingerprint density at radius 2 is 2.06 bits per heavy atom. The van der Waals surface area contributed by atoms with E-state index in [1.54, 1.807) is 6.20 Å². The first-order valence-corrected chi connectivity index (χ1v) is 11.6. The number of H-pyrrole nitrogens is 1. The molecule has 2 bridgehead atoms. The molecule has 5 rings (SSSR count). The van der Waals surface area contributed by atoms with E-state index in [0.717, 1.165) is 31.2 Å². The Bertz CT molecular complexity index is 981. The van der Waals surface area contributed by atoms with E-state index in [-0.39, 0.29) is 35.8 Å². The fourth-order valence-electron chi connectivity index (χ4n) is 5.80. The number of hydrogen-bond donors (Lipinski definition) is 2. The van der Waals surface area contributed by atoms with Gasteiger partial charge in [-0.2, -0.15) is 0 Å². The SMILES string of the molecule is CC1CC2CC(C)(O)CC(C1)N2C(=O)CC(C)c1c[nH]c2ncc(OC3CC3)c(F)c12. The summed E-state index contributed by atoms with van der Waals surface area (Å²) in [6.07, 6.45) is 8.62. The van der Waals surface area contributed by atoms with Crippen molar-refractivity contribution in [2.45, 2.75) is 95.4 Å². The smallest absolute Gasteiger partial charge is 0.223 e. The molecule has 6 nitrogen and oxygen atoms in total. The van der Waals surface area contributed by atoms with E-state index in [4.69, 9.17) is 4.74 Å². The maximum Gasteiger partial charge on any atom is 0.223 e. The lowest BCUT2D eigenvalue weighted by Crippen LogP contribution is -2.60. The predicted molar refractivity (Wildman–Crippen MR) is 115 cm³/mol. The fourth-order valence-corrected chi connectivity index (χ4v) is 5.80. The van der Waals surface area contributed by atoms with Gasteiger partial charge < -0.3 is 19.7 Å². The molecule has 0 spiro atoms. The molecule has 3 unspecified atom stereocenters. The van der Waals surface area contributed by atoms with Gasteiger partial charge in [-0.25, -0.2) is 9.37 Å². The van der Waals surface area contributed by atoms with Gasteiger partial charge in [-0.3, -0.25) is 4.79 Å². The first-order valence-electron chi connectivity index (χ1n) is 11.6. The standard InChI is InChI=1S/C24H32FN3O3/c1-13-6-15-9-24(3,30)10-16(7-13)28(15)20(29)8-14(2)18-11-26-23-21(18)22(25)19(12-27-23)31-17-4-5-17/h11-17,30H,4-10H2,1-3H3,(H,26,27). The number of aliphatic hydroxyl groups is 1. The van der Waals surface area contributed by atoms with Crippen molar-refractivity contribution in [1.82, 2.24) is 14.9 Å². The van der Waals surface area contributed by atoms with Crippen molar-refractivity contribution in [2.24, 2.45) is 5.92 Å². The first-order chi connectivity index (χ1) is 14.7. The van der Waals surface area contributed by atoms with E-state index in [2.05, 4.69) is 16.9 Å². The van der Waals surface area contributed by atoms with Crippen molar-refractivity contribution in [3.05, 3.63) is 23.8 Å². The Hall–Kier alpha value is -2.15.